The first-order chi connectivity index (χ1) is 9.78. The topological polar surface area (TPSA) is 79.1 Å². The first-order valence-electron chi connectivity index (χ1n) is 6.04. The van der Waals surface area contributed by atoms with Crippen molar-refractivity contribution in [1.29, 1.82) is 0 Å². The molecule has 2 heterocycles. The number of tetrazole rings is 1. The van der Waals surface area contributed by atoms with Gasteiger partial charge in [-0.15, -0.1) is 5.10 Å². The minimum absolute atomic E-state index is 0.209. The lowest BCUT2D eigenvalue weighted by Crippen LogP contribution is -2.11. The van der Waals surface area contributed by atoms with Gasteiger partial charge in [0.05, 0.1) is 19.4 Å². The number of thioether (sulfide) groups is 1. The molecule has 2 aromatic rings. The molecule has 0 bridgehead atoms. The molecule has 3 rings (SSSR count). The summed E-state index contributed by atoms with van der Waals surface area (Å²) in [5, 5.41) is 11.9. The predicted octanol–water partition coefficient (Wildman–Crippen LogP) is 1.08. The Morgan fingerprint density at radius 3 is 2.85 bits per heavy atom. The Balaban J connectivity index is 1.83. The van der Waals surface area contributed by atoms with Gasteiger partial charge in [0.15, 0.2) is 0 Å². The highest BCUT2D eigenvalue weighted by molar-refractivity contribution is 8.00. The number of hydrogen-bond donors (Lipinski definition) is 0. The normalized spacial score (nSPS) is 18.1. The summed E-state index contributed by atoms with van der Waals surface area (Å²) in [7, 11) is 1.61. The van der Waals surface area contributed by atoms with Crippen LogP contribution in [0.2, 0.25) is 0 Å². The van der Waals surface area contributed by atoms with Crippen molar-refractivity contribution in [3.05, 3.63) is 24.3 Å². The summed E-state index contributed by atoms with van der Waals surface area (Å²) in [4.78, 5) is 11.5. The first-order valence-corrected chi connectivity index (χ1v) is 6.92. The Morgan fingerprint density at radius 2 is 2.20 bits per heavy atom. The number of ether oxygens (including phenoxy) is 2. The highest BCUT2D eigenvalue weighted by atomic mass is 32.2. The Kier molecular flexibility index (Phi) is 3.55. The summed E-state index contributed by atoms with van der Waals surface area (Å²) < 4.78 is 11.6. The van der Waals surface area contributed by atoms with Gasteiger partial charge in [-0.05, 0) is 34.7 Å². The van der Waals surface area contributed by atoms with E-state index in [1.165, 1.54) is 11.8 Å². The van der Waals surface area contributed by atoms with Gasteiger partial charge >= 0.3 is 5.97 Å². The molecule has 1 aliphatic rings. The van der Waals surface area contributed by atoms with Crippen molar-refractivity contribution in [2.24, 2.45) is 0 Å². The van der Waals surface area contributed by atoms with E-state index in [1.54, 1.807) is 11.8 Å². The minimum Gasteiger partial charge on any atom is -0.497 e. The second-order valence-corrected chi connectivity index (χ2v) is 5.30. The van der Waals surface area contributed by atoms with E-state index in [1.807, 2.05) is 24.3 Å². The SMILES string of the molecule is COc1ccc(-n2nnnc2S[C@H]2CCOC2=O)cc1. The Labute approximate surface area is 119 Å². The van der Waals surface area contributed by atoms with E-state index >= 15 is 0 Å². The summed E-state index contributed by atoms with van der Waals surface area (Å²) in [6.45, 7) is 0.459. The molecule has 1 atom stereocenters. The van der Waals surface area contributed by atoms with Crippen LogP contribution in [0.15, 0.2) is 29.4 Å². The molecule has 0 amide bonds. The molecule has 0 N–H and O–H groups in total. The van der Waals surface area contributed by atoms with Crippen LogP contribution in [0.25, 0.3) is 5.69 Å². The van der Waals surface area contributed by atoms with Crippen LogP contribution in [0.4, 0.5) is 0 Å². The lowest BCUT2D eigenvalue weighted by Gasteiger charge is -2.07. The third kappa shape index (κ3) is 2.46. The maximum Gasteiger partial charge on any atom is 0.319 e. The van der Waals surface area contributed by atoms with Crippen LogP contribution in [-0.2, 0) is 9.53 Å². The average molecular weight is 292 g/mol. The molecule has 1 saturated heterocycles. The van der Waals surface area contributed by atoms with Crippen molar-refractivity contribution in [3.8, 4) is 11.4 Å². The van der Waals surface area contributed by atoms with Crippen molar-refractivity contribution < 1.29 is 14.3 Å². The maximum absolute atomic E-state index is 11.5. The zero-order valence-electron chi connectivity index (χ0n) is 10.7. The Hall–Kier alpha value is -2.09. The molecule has 1 aromatic carbocycles. The average Bonchev–Trinajstić information content (AvgIpc) is 3.09. The zero-order chi connectivity index (χ0) is 13.9. The molecular formula is C12H12N4O3S. The van der Waals surface area contributed by atoms with Crippen molar-refractivity contribution in [1.82, 2.24) is 20.2 Å². The maximum atomic E-state index is 11.5. The van der Waals surface area contributed by atoms with Gasteiger partial charge in [0.25, 0.3) is 0 Å². The van der Waals surface area contributed by atoms with E-state index in [0.29, 0.717) is 18.2 Å². The standard InChI is InChI=1S/C12H12N4O3S/c1-18-9-4-2-8(3-5-9)16-12(13-14-15-16)20-10-6-7-19-11(10)17/h2-5,10H,6-7H2,1H3/t10-/m0/s1. The van der Waals surface area contributed by atoms with Crippen molar-refractivity contribution in [2.75, 3.05) is 13.7 Å². The third-order valence-corrected chi connectivity index (χ3v) is 4.07. The Bertz CT molecular complexity index is 613. The Morgan fingerprint density at radius 1 is 1.40 bits per heavy atom. The molecule has 8 heteroatoms. The third-order valence-electron chi connectivity index (χ3n) is 2.89. The summed E-state index contributed by atoms with van der Waals surface area (Å²) in [5.74, 6) is 0.551. The van der Waals surface area contributed by atoms with Gasteiger partial charge in [-0.2, -0.15) is 4.68 Å². The lowest BCUT2D eigenvalue weighted by atomic mass is 10.3. The second-order valence-electron chi connectivity index (χ2n) is 4.13. The van der Waals surface area contributed by atoms with Crippen LogP contribution in [0.3, 0.4) is 0 Å². The van der Waals surface area contributed by atoms with E-state index in [0.717, 1.165) is 11.4 Å². The van der Waals surface area contributed by atoms with Gasteiger partial charge in [-0.3, -0.25) is 4.79 Å². The molecule has 0 radical (unpaired) electrons. The van der Waals surface area contributed by atoms with Crippen LogP contribution >= 0.6 is 11.8 Å². The van der Waals surface area contributed by atoms with E-state index in [4.69, 9.17) is 9.47 Å². The number of hydrogen-bond acceptors (Lipinski definition) is 7. The molecule has 104 valence electrons. The number of benzene rings is 1. The van der Waals surface area contributed by atoms with Crippen molar-refractivity contribution >= 4 is 17.7 Å². The quantitative estimate of drug-likeness (QED) is 0.780. The van der Waals surface area contributed by atoms with Crippen molar-refractivity contribution in [2.45, 2.75) is 16.8 Å². The largest absolute Gasteiger partial charge is 0.497 e. The van der Waals surface area contributed by atoms with E-state index in [9.17, 15) is 4.79 Å². The fourth-order valence-corrected chi connectivity index (χ4v) is 2.81. The summed E-state index contributed by atoms with van der Waals surface area (Å²) in [5.41, 5.74) is 0.810. The summed E-state index contributed by atoms with van der Waals surface area (Å²) in [6, 6.07) is 7.36. The number of methoxy groups -OCH3 is 1. The number of carbonyl (C=O) groups excluding carboxylic acids is 1. The summed E-state index contributed by atoms with van der Waals surface area (Å²) >= 11 is 1.32. The second kappa shape index (κ2) is 5.49. The van der Waals surface area contributed by atoms with Gasteiger partial charge in [0, 0.05) is 6.42 Å². The van der Waals surface area contributed by atoms with Gasteiger partial charge in [0.1, 0.15) is 11.0 Å². The van der Waals surface area contributed by atoms with Gasteiger partial charge < -0.3 is 9.47 Å². The zero-order valence-corrected chi connectivity index (χ0v) is 11.5. The van der Waals surface area contributed by atoms with Crippen LogP contribution in [0.1, 0.15) is 6.42 Å². The van der Waals surface area contributed by atoms with E-state index in [-0.39, 0.29) is 11.2 Å². The van der Waals surface area contributed by atoms with Gasteiger partial charge in [-0.25, -0.2) is 0 Å². The summed E-state index contributed by atoms with van der Waals surface area (Å²) in [6.07, 6.45) is 0.680. The van der Waals surface area contributed by atoms with Crippen LogP contribution in [0, 0.1) is 0 Å². The number of aromatic nitrogens is 4. The van der Waals surface area contributed by atoms with Gasteiger partial charge in [0.2, 0.25) is 5.16 Å². The predicted molar refractivity (Wildman–Crippen MR) is 70.9 cm³/mol. The lowest BCUT2D eigenvalue weighted by molar-refractivity contribution is -0.137. The van der Waals surface area contributed by atoms with Gasteiger partial charge in [-0.1, -0.05) is 11.8 Å². The number of carbonyl (C=O) groups is 1. The molecule has 0 aliphatic carbocycles. The highest BCUT2D eigenvalue weighted by Crippen LogP contribution is 2.29. The molecule has 1 fully saturated rings. The van der Waals surface area contributed by atoms with E-state index in [2.05, 4.69) is 15.5 Å². The minimum atomic E-state index is -0.238. The van der Waals surface area contributed by atoms with Crippen molar-refractivity contribution in [3.63, 3.8) is 0 Å². The molecule has 7 nitrogen and oxygen atoms in total. The number of rotatable bonds is 4. The van der Waals surface area contributed by atoms with E-state index < -0.39 is 0 Å². The smallest absolute Gasteiger partial charge is 0.319 e. The molecule has 0 spiro atoms. The van der Waals surface area contributed by atoms with Crippen LogP contribution < -0.4 is 4.74 Å². The molecule has 0 saturated carbocycles. The molecule has 1 aromatic heterocycles. The number of esters is 1. The molecular weight excluding hydrogens is 280 g/mol. The van der Waals surface area contributed by atoms with Crippen LogP contribution in [-0.4, -0.2) is 45.1 Å². The van der Waals surface area contributed by atoms with Crippen LogP contribution in [0.5, 0.6) is 5.75 Å². The first kappa shape index (κ1) is 12.9. The number of cyclic esters (lactones) is 1. The monoisotopic (exact) mass is 292 g/mol. The molecule has 0 unspecified atom stereocenters. The fraction of sp³-hybridized carbons (Fsp3) is 0.333. The highest BCUT2D eigenvalue weighted by Gasteiger charge is 2.29. The fourth-order valence-electron chi connectivity index (χ4n) is 1.85. The number of nitrogens with zero attached hydrogens (tertiary/aromatic N) is 4. The molecule has 1 aliphatic heterocycles. The molecule has 20 heavy (non-hydrogen) atoms.